The Bertz CT molecular complexity index is 1310. The summed E-state index contributed by atoms with van der Waals surface area (Å²) in [5.41, 5.74) is -0.866. The maximum Gasteiger partial charge on any atom is 0.389 e. The molecule has 0 spiro atoms. The summed E-state index contributed by atoms with van der Waals surface area (Å²) in [7, 11) is 0. The predicted octanol–water partition coefficient (Wildman–Crippen LogP) is 4.87. The molecule has 2 amide bonds. The minimum absolute atomic E-state index is 0.0454. The molecule has 2 heterocycles. The fraction of sp³-hybridized carbons (Fsp3) is 0.519. The van der Waals surface area contributed by atoms with Crippen molar-refractivity contribution < 1.29 is 27.6 Å². The summed E-state index contributed by atoms with van der Waals surface area (Å²) in [4.78, 5) is 56.3. The lowest BCUT2D eigenvalue weighted by Gasteiger charge is -2.31. The third-order valence-corrected chi connectivity index (χ3v) is 6.86. The summed E-state index contributed by atoms with van der Waals surface area (Å²) >= 11 is 6.12. The number of ketones is 1. The highest BCUT2D eigenvalue weighted by Gasteiger charge is 2.30. The van der Waals surface area contributed by atoms with Crippen LogP contribution in [0.25, 0.3) is 11.3 Å². The Balaban J connectivity index is 1.98. The molecule has 1 saturated heterocycles. The standard InChI is InChI=1S/C27H32ClF3N4O4/c1-16(36)17-8-11-34(12-9-17)24(38)15-35-22(7-10-27(29,30)31)32-21(14-23(35)37)19-6-5-18(28)13-20(19)33-25(39)26(2,3)4/h5-6,13-14,17H,7-12,15H2,1-4H3,(H,33,39). The van der Waals surface area contributed by atoms with Crippen molar-refractivity contribution in [2.45, 2.75) is 66.1 Å². The van der Waals surface area contributed by atoms with Gasteiger partial charge in [-0.15, -0.1) is 0 Å². The Morgan fingerprint density at radius 2 is 1.74 bits per heavy atom. The SMILES string of the molecule is CC(=O)C1CCN(C(=O)Cn2c(CCC(F)(F)F)nc(-c3ccc(Cl)cc3NC(=O)C(C)(C)C)cc2=O)CC1. The monoisotopic (exact) mass is 568 g/mol. The third-order valence-electron chi connectivity index (χ3n) is 6.62. The molecule has 1 aliphatic rings. The van der Waals surface area contributed by atoms with E-state index in [4.69, 9.17) is 11.6 Å². The van der Waals surface area contributed by atoms with Gasteiger partial charge in [0, 0.05) is 47.5 Å². The highest BCUT2D eigenvalue weighted by Crippen LogP contribution is 2.31. The molecule has 1 aliphatic heterocycles. The van der Waals surface area contributed by atoms with Gasteiger partial charge in [0.2, 0.25) is 11.8 Å². The number of carbonyl (C=O) groups is 3. The number of halogens is 4. The van der Waals surface area contributed by atoms with Gasteiger partial charge in [-0.3, -0.25) is 23.7 Å². The summed E-state index contributed by atoms with van der Waals surface area (Å²) in [6.45, 7) is 6.80. The van der Waals surface area contributed by atoms with E-state index in [9.17, 15) is 32.3 Å². The average molecular weight is 569 g/mol. The molecule has 3 rings (SSSR count). The highest BCUT2D eigenvalue weighted by molar-refractivity contribution is 6.31. The van der Waals surface area contributed by atoms with Crippen LogP contribution in [-0.2, 0) is 27.3 Å². The maximum absolute atomic E-state index is 13.2. The molecule has 0 atom stereocenters. The number of nitrogens with one attached hydrogen (secondary N) is 1. The topological polar surface area (TPSA) is 101 Å². The first-order valence-electron chi connectivity index (χ1n) is 12.6. The summed E-state index contributed by atoms with van der Waals surface area (Å²) in [5, 5.41) is 3.05. The smallest absolute Gasteiger partial charge is 0.341 e. The van der Waals surface area contributed by atoms with Gasteiger partial charge < -0.3 is 10.2 Å². The van der Waals surface area contributed by atoms with Crippen molar-refractivity contribution >= 4 is 34.9 Å². The van der Waals surface area contributed by atoms with Gasteiger partial charge in [0.25, 0.3) is 5.56 Å². The minimum Gasteiger partial charge on any atom is -0.341 e. The molecule has 8 nitrogen and oxygen atoms in total. The number of aromatic nitrogens is 2. The Labute approximate surface area is 229 Å². The zero-order valence-electron chi connectivity index (χ0n) is 22.3. The fourth-order valence-corrected chi connectivity index (χ4v) is 4.40. The summed E-state index contributed by atoms with van der Waals surface area (Å²) in [6, 6.07) is 5.63. The molecule has 0 bridgehead atoms. The van der Waals surface area contributed by atoms with E-state index >= 15 is 0 Å². The van der Waals surface area contributed by atoms with Crippen molar-refractivity contribution in [2.24, 2.45) is 11.3 Å². The highest BCUT2D eigenvalue weighted by atomic mass is 35.5. The number of hydrogen-bond donors (Lipinski definition) is 1. The molecule has 1 N–H and O–H groups in total. The first-order chi connectivity index (χ1) is 18.0. The molecule has 1 aromatic carbocycles. The molecule has 39 heavy (non-hydrogen) atoms. The summed E-state index contributed by atoms with van der Waals surface area (Å²) in [6.07, 6.45) is -5.39. The molecule has 212 valence electrons. The number of likely N-dealkylation sites (tertiary alicyclic amines) is 1. The van der Waals surface area contributed by atoms with Crippen LogP contribution < -0.4 is 10.9 Å². The van der Waals surface area contributed by atoms with Crippen molar-refractivity contribution in [1.82, 2.24) is 14.5 Å². The minimum atomic E-state index is -4.51. The van der Waals surface area contributed by atoms with Gasteiger partial charge in [-0.2, -0.15) is 13.2 Å². The second-order valence-corrected chi connectivity index (χ2v) is 11.2. The number of Topliss-reactive ketones (excluding diaryl/α,β-unsaturated/α-hetero) is 1. The zero-order valence-corrected chi connectivity index (χ0v) is 23.1. The fourth-order valence-electron chi connectivity index (χ4n) is 4.23. The number of piperidine rings is 1. The van der Waals surface area contributed by atoms with E-state index in [0.717, 1.165) is 10.6 Å². The largest absolute Gasteiger partial charge is 0.389 e. The lowest BCUT2D eigenvalue weighted by Crippen LogP contribution is -2.43. The molecular formula is C27H32ClF3N4O4. The number of nitrogens with zero attached hydrogens (tertiary/aromatic N) is 3. The summed E-state index contributed by atoms with van der Waals surface area (Å²) in [5.74, 6) is -1.06. The number of amides is 2. The molecule has 12 heteroatoms. The van der Waals surface area contributed by atoms with Crippen molar-refractivity contribution in [3.8, 4) is 11.3 Å². The first kappa shape index (κ1) is 30.3. The molecule has 0 saturated carbocycles. The van der Waals surface area contributed by atoms with Gasteiger partial charge in [0.15, 0.2) is 0 Å². The molecule has 0 aliphatic carbocycles. The van der Waals surface area contributed by atoms with E-state index in [1.54, 1.807) is 20.8 Å². The normalized spacial score (nSPS) is 14.8. The maximum atomic E-state index is 13.2. The predicted molar refractivity (Wildman–Crippen MR) is 141 cm³/mol. The Kier molecular flexibility index (Phi) is 9.25. The lowest BCUT2D eigenvalue weighted by atomic mass is 9.93. The van der Waals surface area contributed by atoms with E-state index in [2.05, 4.69) is 10.3 Å². The van der Waals surface area contributed by atoms with Gasteiger partial charge in [0.1, 0.15) is 18.2 Å². The van der Waals surface area contributed by atoms with Crippen LogP contribution in [0.5, 0.6) is 0 Å². The van der Waals surface area contributed by atoms with Crippen LogP contribution in [0.15, 0.2) is 29.1 Å². The number of aryl methyl sites for hydroxylation is 1. The Morgan fingerprint density at radius 3 is 2.31 bits per heavy atom. The van der Waals surface area contributed by atoms with Crippen LogP contribution in [0.2, 0.25) is 5.02 Å². The van der Waals surface area contributed by atoms with Crippen LogP contribution in [0.3, 0.4) is 0 Å². The third kappa shape index (κ3) is 8.14. The van der Waals surface area contributed by atoms with E-state index < -0.39 is 42.4 Å². The molecule has 1 aromatic heterocycles. The van der Waals surface area contributed by atoms with Crippen LogP contribution in [0, 0.1) is 11.3 Å². The molecular weight excluding hydrogens is 537 g/mol. The van der Waals surface area contributed by atoms with Gasteiger partial charge in [0.05, 0.1) is 17.8 Å². The van der Waals surface area contributed by atoms with Crippen LogP contribution >= 0.6 is 11.6 Å². The number of anilines is 1. The molecule has 2 aromatic rings. The second-order valence-electron chi connectivity index (χ2n) is 10.8. The quantitative estimate of drug-likeness (QED) is 0.513. The zero-order chi connectivity index (χ0) is 29.1. The molecule has 1 fully saturated rings. The Hall–Kier alpha value is -3.21. The lowest BCUT2D eigenvalue weighted by molar-refractivity contribution is -0.135. The van der Waals surface area contributed by atoms with Gasteiger partial charge in [-0.1, -0.05) is 32.4 Å². The average Bonchev–Trinajstić information content (AvgIpc) is 2.83. The second kappa shape index (κ2) is 11.9. The van der Waals surface area contributed by atoms with Crippen molar-refractivity contribution in [3.05, 3.63) is 45.5 Å². The van der Waals surface area contributed by atoms with Gasteiger partial charge in [-0.25, -0.2) is 4.98 Å². The van der Waals surface area contributed by atoms with Crippen LogP contribution in [0.1, 0.15) is 52.8 Å². The Morgan fingerprint density at radius 1 is 1.10 bits per heavy atom. The van der Waals surface area contributed by atoms with Crippen molar-refractivity contribution in [3.63, 3.8) is 0 Å². The summed E-state index contributed by atoms with van der Waals surface area (Å²) < 4.78 is 40.4. The van der Waals surface area contributed by atoms with Gasteiger partial charge in [-0.05, 0) is 38.0 Å². The number of benzene rings is 1. The van der Waals surface area contributed by atoms with Gasteiger partial charge >= 0.3 is 6.18 Å². The molecule has 0 radical (unpaired) electrons. The number of hydrogen-bond acceptors (Lipinski definition) is 5. The van der Waals surface area contributed by atoms with Crippen molar-refractivity contribution in [1.29, 1.82) is 0 Å². The molecule has 0 unspecified atom stereocenters. The number of rotatable bonds is 7. The first-order valence-corrected chi connectivity index (χ1v) is 13.0. The van der Waals surface area contributed by atoms with E-state index in [1.807, 2.05) is 0 Å². The van der Waals surface area contributed by atoms with E-state index in [0.29, 0.717) is 36.5 Å². The van der Waals surface area contributed by atoms with Crippen LogP contribution in [0.4, 0.5) is 18.9 Å². The number of carbonyl (C=O) groups excluding carboxylic acids is 3. The van der Waals surface area contributed by atoms with Crippen LogP contribution in [-0.4, -0.2) is 51.3 Å². The number of alkyl halides is 3. The van der Waals surface area contributed by atoms with Crippen molar-refractivity contribution in [2.75, 3.05) is 18.4 Å². The van der Waals surface area contributed by atoms with E-state index in [1.165, 1.54) is 30.0 Å². The van der Waals surface area contributed by atoms with E-state index in [-0.39, 0.29) is 34.8 Å².